The first kappa shape index (κ1) is 27.6. The van der Waals surface area contributed by atoms with Crippen molar-refractivity contribution in [1.29, 1.82) is 0 Å². The first-order valence-electron chi connectivity index (χ1n) is 15.7. The van der Waals surface area contributed by atoms with Gasteiger partial charge in [-0.1, -0.05) is 36.4 Å². The van der Waals surface area contributed by atoms with Gasteiger partial charge in [-0.25, -0.2) is 0 Å². The molecule has 2 aromatic heterocycles. The van der Waals surface area contributed by atoms with Crippen LogP contribution in [0, 0.1) is 0 Å². The number of hydrogen-bond donors (Lipinski definition) is 0. The van der Waals surface area contributed by atoms with Crippen LogP contribution in [0.4, 0.5) is 0 Å². The van der Waals surface area contributed by atoms with E-state index in [4.69, 9.17) is 15.0 Å². The van der Waals surface area contributed by atoms with Gasteiger partial charge in [-0.05, 0) is 0 Å². The van der Waals surface area contributed by atoms with Crippen molar-refractivity contribution < 1.29 is 0 Å². The summed E-state index contributed by atoms with van der Waals surface area (Å²) in [7, 11) is 0. The van der Waals surface area contributed by atoms with Crippen molar-refractivity contribution in [3.8, 4) is 56.4 Å². The van der Waals surface area contributed by atoms with Crippen molar-refractivity contribution in [2.45, 2.75) is 0 Å². The third-order valence-electron chi connectivity index (χ3n) is 8.76. The Labute approximate surface area is 278 Å². The molecule has 0 N–H and O–H groups in total. The van der Waals surface area contributed by atoms with Gasteiger partial charge in [-0.3, -0.25) is 0 Å². The molecule has 0 bridgehead atoms. The zero-order chi connectivity index (χ0) is 31.2. The maximum absolute atomic E-state index is 5.06. The van der Waals surface area contributed by atoms with E-state index in [1.807, 2.05) is 60.7 Å². The van der Waals surface area contributed by atoms with Gasteiger partial charge in [0.15, 0.2) is 0 Å². The normalized spacial score (nSPS) is 11.4. The molecule has 2 heterocycles. The minimum atomic E-state index is 0.218. The van der Waals surface area contributed by atoms with Gasteiger partial charge in [-0.15, -0.1) is 0 Å². The van der Waals surface area contributed by atoms with Crippen molar-refractivity contribution in [3.63, 3.8) is 0 Å². The smallest absolute Gasteiger partial charge is 0.0615 e. The predicted molar refractivity (Wildman–Crippen MR) is 196 cm³/mol. The van der Waals surface area contributed by atoms with Gasteiger partial charge in [0.25, 0.3) is 0 Å². The Kier molecular flexibility index (Phi) is 6.82. The second-order valence-corrected chi connectivity index (χ2v) is 13.8. The van der Waals surface area contributed by atoms with Gasteiger partial charge < -0.3 is 0 Å². The molecule has 0 fully saturated rings. The average Bonchev–Trinajstić information content (AvgIpc) is 3.55. The summed E-state index contributed by atoms with van der Waals surface area (Å²) in [6, 6.07) is 57.8. The molecule has 0 spiro atoms. The van der Waals surface area contributed by atoms with E-state index in [1.165, 1.54) is 46.9 Å². The van der Waals surface area contributed by atoms with E-state index >= 15 is 0 Å². The van der Waals surface area contributed by atoms with Crippen LogP contribution in [0.2, 0.25) is 0 Å². The van der Waals surface area contributed by atoms with Crippen molar-refractivity contribution in [1.82, 2.24) is 15.0 Å². The minimum Gasteiger partial charge on any atom is -0.0615 e. The summed E-state index contributed by atoms with van der Waals surface area (Å²) in [5.41, 5.74) is 8.01. The Bertz CT molecular complexity index is 2500. The molecule has 0 aliphatic carbocycles. The van der Waals surface area contributed by atoms with Crippen LogP contribution in [-0.4, -0.2) is 29.5 Å². The number of fused-ring (bicyclic) bond motifs is 4. The molecule has 0 amide bonds. The van der Waals surface area contributed by atoms with E-state index in [1.54, 1.807) is 0 Å². The topological polar surface area (TPSA) is 38.7 Å². The molecule has 0 saturated heterocycles. The van der Waals surface area contributed by atoms with Crippen LogP contribution >= 0.6 is 0 Å². The van der Waals surface area contributed by atoms with Crippen molar-refractivity contribution in [2.75, 3.05) is 0 Å². The van der Waals surface area contributed by atoms with Crippen LogP contribution in [0.5, 0.6) is 0 Å². The number of nitrogens with zero attached hydrogens (tertiary/aromatic N) is 3. The van der Waals surface area contributed by atoms with Crippen LogP contribution in [-0.2, 0) is 0 Å². The van der Waals surface area contributed by atoms with E-state index in [2.05, 4.69) is 103 Å². The predicted octanol–water partition coefficient (Wildman–Crippen LogP) is 10.7. The molecule has 3 nitrogen and oxygen atoms in total. The van der Waals surface area contributed by atoms with E-state index in [-0.39, 0.29) is 14.5 Å². The van der Waals surface area contributed by atoms with Crippen molar-refractivity contribution >= 4 is 44.6 Å². The molecule has 4 heteroatoms. The molecule has 9 rings (SSSR count). The quantitative estimate of drug-likeness (QED) is 0.172. The molecule has 7 aromatic carbocycles. The third-order valence-corrected chi connectivity index (χ3v) is 11.3. The van der Waals surface area contributed by atoms with Gasteiger partial charge in [-0.2, -0.15) is 0 Å². The fourth-order valence-electron chi connectivity index (χ4n) is 6.58. The van der Waals surface area contributed by atoms with Crippen LogP contribution in [0.3, 0.4) is 0 Å². The first-order chi connectivity index (χ1) is 23.3. The van der Waals surface area contributed by atoms with Gasteiger partial charge in [0.05, 0.1) is 0 Å². The summed E-state index contributed by atoms with van der Waals surface area (Å²) in [5.74, 6) is 1.99. The SMILES string of the molecule is c1ccc(-c2nc(-c3ccccc3)nc(-c3ccc(-c4cccc5[se]c6c(-c7ccccc7)cccc6c45)c4ccccc34)n2)cc1. The minimum absolute atomic E-state index is 0.218. The van der Waals surface area contributed by atoms with Crippen molar-refractivity contribution in [3.05, 3.63) is 164 Å². The van der Waals surface area contributed by atoms with Gasteiger partial charge >= 0.3 is 243 Å². The molecule has 0 saturated carbocycles. The fraction of sp³-hybridized carbons (Fsp3) is 0. The van der Waals surface area contributed by atoms with Crippen LogP contribution < -0.4 is 0 Å². The molecule has 47 heavy (non-hydrogen) atoms. The van der Waals surface area contributed by atoms with Crippen LogP contribution in [0.15, 0.2) is 164 Å². The number of hydrogen-bond acceptors (Lipinski definition) is 3. The van der Waals surface area contributed by atoms with Gasteiger partial charge in [0, 0.05) is 0 Å². The zero-order valence-electron chi connectivity index (χ0n) is 25.3. The summed E-state index contributed by atoms with van der Waals surface area (Å²) >= 11 is 0.218. The molecule has 0 unspecified atom stereocenters. The molecule has 0 atom stereocenters. The van der Waals surface area contributed by atoms with E-state index in [0.717, 1.165) is 22.1 Å². The average molecular weight is 665 g/mol. The molecule has 0 aliphatic rings. The molecule has 9 aromatic rings. The Morgan fingerprint density at radius 1 is 0.319 bits per heavy atom. The monoisotopic (exact) mass is 665 g/mol. The van der Waals surface area contributed by atoms with Crippen LogP contribution in [0.25, 0.3) is 86.5 Å². The van der Waals surface area contributed by atoms with Crippen LogP contribution in [0.1, 0.15) is 0 Å². The molecular weight excluding hydrogens is 637 g/mol. The number of rotatable bonds is 5. The van der Waals surface area contributed by atoms with E-state index in [0.29, 0.717) is 17.5 Å². The fourth-order valence-corrected chi connectivity index (χ4v) is 9.23. The number of aromatic nitrogens is 3. The van der Waals surface area contributed by atoms with Gasteiger partial charge in [0.1, 0.15) is 0 Å². The van der Waals surface area contributed by atoms with E-state index < -0.39 is 0 Å². The summed E-state index contributed by atoms with van der Waals surface area (Å²) in [6.07, 6.45) is 0. The second-order valence-electron chi connectivity index (χ2n) is 11.6. The Morgan fingerprint density at radius 3 is 1.47 bits per heavy atom. The summed E-state index contributed by atoms with van der Waals surface area (Å²) in [4.78, 5) is 15.0. The third kappa shape index (κ3) is 4.87. The first-order valence-corrected chi connectivity index (χ1v) is 17.4. The van der Waals surface area contributed by atoms with Gasteiger partial charge in [0.2, 0.25) is 0 Å². The second kappa shape index (κ2) is 11.6. The number of benzene rings is 7. The van der Waals surface area contributed by atoms with Crippen molar-refractivity contribution in [2.24, 2.45) is 0 Å². The molecule has 0 aliphatic heterocycles. The summed E-state index contributed by atoms with van der Waals surface area (Å²) in [5, 5.41) is 5.01. The molecule has 220 valence electrons. The Balaban J connectivity index is 1.26. The zero-order valence-corrected chi connectivity index (χ0v) is 27.1. The summed E-state index contributed by atoms with van der Waals surface area (Å²) < 4.78 is 2.89. The van der Waals surface area contributed by atoms with E-state index in [9.17, 15) is 0 Å². The standard InChI is InChI=1S/C43H27N3Se/c1-4-14-28(15-5-1)31-22-12-24-37-39-35(23-13-25-38(39)47-40(31)37)34-26-27-36(33-21-11-10-20-32(33)34)43-45-41(29-16-6-2-7-17-29)44-42(46-43)30-18-8-3-9-19-30/h1-27H. The molecular formula is C43H27N3Se. The Morgan fingerprint density at radius 2 is 0.809 bits per heavy atom. The summed E-state index contributed by atoms with van der Waals surface area (Å²) in [6.45, 7) is 0. The molecule has 0 radical (unpaired) electrons. The Hall–Kier alpha value is -5.67. The maximum atomic E-state index is 5.06.